The van der Waals surface area contributed by atoms with E-state index in [4.69, 9.17) is 0 Å². The van der Waals surface area contributed by atoms with Crippen molar-refractivity contribution in [3.63, 3.8) is 0 Å². The van der Waals surface area contributed by atoms with Gasteiger partial charge in [0, 0.05) is 11.1 Å². The van der Waals surface area contributed by atoms with E-state index in [9.17, 15) is 9.59 Å². The fourth-order valence-electron chi connectivity index (χ4n) is 2.67. The summed E-state index contributed by atoms with van der Waals surface area (Å²) in [5.74, 6) is -0.229. The summed E-state index contributed by atoms with van der Waals surface area (Å²) >= 11 is 1.17. The van der Waals surface area contributed by atoms with Crippen molar-refractivity contribution in [2.24, 2.45) is 0 Å². The number of nitrogens with zero attached hydrogens (tertiary/aromatic N) is 1. The molecule has 0 radical (unpaired) electrons. The molecule has 0 bridgehead atoms. The molecule has 0 fully saturated rings. The number of nitrogens with one attached hydrogen (secondary N) is 2. The van der Waals surface area contributed by atoms with Gasteiger partial charge in [-0.1, -0.05) is 58.9 Å². The fraction of sp³-hybridized carbons (Fsp3) is 0.150. The highest BCUT2D eigenvalue weighted by Gasteiger charge is 2.18. The van der Waals surface area contributed by atoms with Crippen molar-refractivity contribution < 1.29 is 14.3 Å². The number of aryl methyl sites for hydroxylation is 2. The number of amides is 2. The highest BCUT2D eigenvalue weighted by molar-refractivity contribution is 7.20. The minimum absolute atomic E-state index is 0.229. The maximum Gasteiger partial charge on any atom is 0.413 e. The number of carbonyl (C=O) groups excluding carboxylic acids is 2. The highest BCUT2D eigenvalue weighted by Crippen LogP contribution is 2.36. The normalized spacial score (nSPS) is 10.3. The lowest BCUT2D eigenvalue weighted by molar-refractivity contribution is 0.102. The van der Waals surface area contributed by atoms with E-state index in [2.05, 4.69) is 20.4 Å². The molecule has 2 amide bonds. The van der Waals surface area contributed by atoms with Crippen LogP contribution in [0, 0.1) is 13.8 Å². The van der Waals surface area contributed by atoms with Crippen LogP contribution in [0.15, 0.2) is 48.5 Å². The Morgan fingerprint density at radius 1 is 1.00 bits per heavy atom. The molecule has 0 aliphatic heterocycles. The first-order chi connectivity index (χ1) is 13.0. The molecule has 0 atom stereocenters. The van der Waals surface area contributed by atoms with Crippen molar-refractivity contribution in [2.45, 2.75) is 13.8 Å². The standard InChI is InChI=1S/C20H19N3O3S/c1-12-9-13(2)11-15(10-12)17(24)22-18-16(14-7-5-4-6-8-14)21-19(27-18)23-20(25)26-3/h4-11H,1-3H3,(H,22,24)(H,21,23,25). The first-order valence-corrected chi connectivity index (χ1v) is 9.09. The van der Waals surface area contributed by atoms with Crippen molar-refractivity contribution in [1.82, 2.24) is 4.98 Å². The van der Waals surface area contributed by atoms with Crippen LogP contribution in [0.1, 0.15) is 21.5 Å². The SMILES string of the molecule is COC(=O)Nc1nc(-c2ccccc2)c(NC(=O)c2cc(C)cc(C)c2)s1. The third-order valence-electron chi connectivity index (χ3n) is 3.78. The summed E-state index contributed by atoms with van der Waals surface area (Å²) in [5.41, 5.74) is 4.02. The third-order valence-corrected chi connectivity index (χ3v) is 4.67. The largest absolute Gasteiger partial charge is 0.453 e. The Morgan fingerprint density at radius 2 is 1.67 bits per heavy atom. The number of ether oxygens (including phenoxy) is 1. The Balaban J connectivity index is 1.95. The van der Waals surface area contributed by atoms with Gasteiger partial charge in [-0.25, -0.2) is 9.78 Å². The predicted octanol–water partition coefficient (Wildman–Crippen LogP) is 4.86. The second-order valence-corrected chi connectivity index (χ2v) is 7.01. The Morgan fingerprint density at radius 3 is 2.30 bits per heavy atom. The van der Waals surface area contributed by atoms with Crippen LogP contribution < -0.4 is 10.6 Å². The lowest BCUT2D eigenvalue weighted by Crippen LogP contribution is -2.12. The molecule has 2 aromatic carbocycles. The van der Waals surface area contributed by atoms with Crippen LogP contribution in [0.4, 0.5) is 14.9 Å². The van der Waals surface area contributed by atoms with Crippen LogP contribution in [-0.2, 0) is 4.74 Å². The number of carbonyl (C=O) groups is 2. The maximum absolute atomic E-state index is 12.7. The molecule has 0 spiro atoms. The van der Waals surface area contributed by atoms with E-state index >= 15 is 0 Å². The smallest absolute Gasteiger partial charge is 0.413 e. The van der Waals surface area contributed by atoms with Crippen LogP contribution in [0.2, 0.25) is 0 Å². The second kappa shape index (κ2) is 8.01. The molecule has 138 valence electrons. The van der Waals surface area contributed by atoms with Crippen molar-refractivity contribution in [1.29, 1.82) is 0 Å². The van der Waals surface area contributed by atoms with E-state index in [1.807, 2.05) is 62.4 Å². The van der Waals surface area contributed by atoms with Crippen molar-refractivity contribution in [3.05, 3.63) is 65.2 Å². The van der Waals surface area contributed by atoms with Crippen LogP contribution in [0.3, 0.4) is 0 Å². The van der Waals surface area contributed by atoms with E-state index in [-0.39, 0.29) is 5.91 Å². The number of hydrogen-bond donors (Lipinski definition) is 2. The summed E-state index contributed by atoms with van der Waals surface area (Å²) < 4.78 is 4.62. The first-order valence-electron chi connectivity index (χ1n) is 8.27. The van der Waals surface area contributed by atoms with Crippen LogP contribution >= 0.6 is 11.3 Å². The summed E-state index contributed by atoms with van der Waals surface area (Å²) in [6.45, 7) is 3.90. The van der Waals surface area contributed by atoms with Gasteiger partial charge in [-0.15, -0.1) is 0 Å². The zero-order valence-electron chi connectivity index (χ0n) is 15.2. The average molecular weight is 381 g/mol. The molecule has 0 aliphatic carbocycles. The Labute approximate surface area is 161 Å². The second-order valence-electron chi connectivity index (χ2n) is 6.01. The number of methoxy groups -OCH3 is 1. The molecule has 0 unspecified atom stereocenters. The molecule has 0 saturated carbocycles. The highest BCUT2D eigenvalue weighted by atomic mass is 32.1. The van der Waals surface area contributed by atoms with Gasteiger partial charge < -0.3 is 10.1 Å². The molecule has 1 heterocycles. The molecular formula is C20H19N3O3S. The van der Waals surface area contributed by atoms with Crippen LogP contribution in [0.5, 0.6) is 0 Å². The van der Waals surface area contributed by atoms with Gasteiger partial charge in [-0.3, -0.25) is 10.1 Å². The molecule has 0 aliphatic rings. The zero-order valence-corrected chi connectivity index (χ0v) is 16.0. The van der Waals surface area contributed by atoms with Crippen molar-refractivity contribution in [2.75, 3.05) is 17.7 Å². The topological polar surface area (TPSA) is 80.3 Å². The Hall–Kier alpha value is -3.19. The van der Waals surface area contributed by atoms with Gasteiger partial charge in [0.15, 0.2) is 5.13 Å². The Bertz CT molecular complexity index is 963. The summed E-state index contributed by atoms with van der Waals surface area (Å²) in [6.07, 6.45) is -0.615. The van der Waals surface area contributed by atoms with Gasteiger partial charge in [0.05, 0.1) is 7.11 Å². The van der Waals surface area contributed by atoms with Crippen LogP contribution in [0.25, 0.3) is 11.3 Å². The van der Waals surface area contributed by atoms with Gasteiger partial charge in [0.25, 0.3) is 5.91 Å². The lowest BCUT2D eigenvalue weighted by Gasteiger charge is -2.07. The molecule has 27 heavy (non-hydrogen) atoms. The third kappa shape index (κ3) is 4.51. The van der Waals surface area contributed by atoms with Crippen molar-refractivity contribution in [3.8, 4) is 11.3 Å². The zero-order chi connectivity index (χ0) is 19.4. The number of hydrogen-bond acceptors (Lipinski definition) is 5. The number of benzene rings is 2. The van der Waals surface area contributed by atoms with Gasteiger partial charge in [0.2, 0.25) is 0 Å². The summed E-state index contributed by atoms with van der Waals surface area (Å²) in [5, 5.41) is 6.36. The summed E-state index contributed by atoms with van der Waals surface area (Å²) in [4.78, 5) is 28.7. The van der Waals surface area contributed by atoms with Gasteiger partial charge in [-0.2, -0.15) is 0 Å². The first kappa shape index (κ1) is 18.6. The van der Waals surface area contributed by atoms with E-state index in [1.165, 1.54) is 18.4 Å². The number of anilines is 2. The fourth-order valence-corrected chi connectivity index (χ4v) is 3.54. The quantitative estimate of drug-likeness (QED) is 0.676. The molecule has 0 saturated heterocycles. The van der Waals surface area contributed by atoms with Gasteiger partial charge in [0.1, 0.15) is 10.7 Å². The monoisotopic (exact) mass is 381 g/mol. The Kier molecular flexibility index (Phi) is 5.52. The molecule has 3 aromatic rings. The number of rotatable bonds is 4. The minimum Gasteiger partial charge on any atom is -0.453 e. The van der Waals surface area contributed by atoms with E-state index < -0.39 is 6.09 Å². The number of thiazole rings is 1. The molecule has 1 aromatic heterocycles. The van der Waals surface area contributed by atoms with E-state index in [1.54, 1.807) is 0 Å². The minimum atomic E-state index is -0.615. The lowest BCUT2D eigenvalue weighted by atomic mass is 10.1. The summed E-state index contributed by atoms with van der Waals surface area (Å²) in [6, 6.07) is 15.1. The molecule has 3 rings (SSSR count). The summed E-state index contributed by atoms with van der Waals surface area (Å²) in [7, 11) is 1.28. The van der Waals surface area contributed by atoms with Crippen LogP contribution in [-0.4, -0.2) is 24.1 Å². The molecule has 6 nitrogen and oxygen atoms in total. The van der Waals surface area contributed by atoms with Crippen molar-refractivity contribution >= 4 is 33.5 Å². The van der Waals surface area contributed by atoms with Gasteiger partial charge in [-0.05, 0) is 26.0 Å². The van der Waals surface area contributed by atoms with E-state index in [0.29, 0.717) is 21.4 Å². The molecule has 2 N–H and O–H groups in total. The predicted molar refractivity (Wildman–Crippen MR) is 107 cm³/mol. The average Bonchev–Trinajstić information content (AvgIpc) is 3.03. The molecule has 7 heteroatoms. The van der Waals surface area contributed by atoms with Gasteiger partial charge >= 0.3 is 6.09 Å². The maximum atomic E-state index is 12.7. The number of aromatic nitrogens is 1. The van der Waals surface area contributed by atoms with E-state index in [0.717, 1.165) is 16.7 Å². The molecular weight excluding hydrogens is 362 g/mol.